The molecule has 0 spiro atoms. The molecule has 0 bridgehead atoms. The van der Waals surface area contributed by atoms with Crippen LogP contribution < -0.4 is 0 Å². The van der Waals surface area contributed by atoms with Crippen LogP contribution in [0.5, 0.6) is 0 Å². The number of hydrogen-bond donors (Lipinski definition) is 0. The summed E-state index contributed by atoms with van der Waals surface area (Å²) in [6.07, 6.45) is 0. The first-order valence-corrected chi connectivity index (χ1v) is 5.52. The minimum Gasteiger partial charge on any atom is -0.460 e. The first kappa shape index (κ1) is 10.7. The van der Waals surface area contributed by atoms with Gasteiger partial charge in [0, 0.05) is 5.38 Å². The van der Waals surface area contributed by atoms with Crippen molar-refractivity contribution in [3.05, 3.63) is 16.2 Å². The van der Waals surface area contributed by atoms with Crippen LogP contribution in [0.15, 0.2) is 9.90 Å². The van der Waals surface area contributed by atoms with E-state index in [0.29, 0.717) is 5.69 Å². The van der Waals surface area contributed by atoms with Gasteiger partial charge in [0.05, 0.1) is 11.6 Å². The Morgan fingerprint density at radius 3 is 3.00 bits per heavy atom. The number of thiazole rings is 1. The lowest BCUT2D eigenvalue weighted by atomic mass is 10.5. The number of rotatable bonds is 3. The van der Waals surface area contributed by atoms with Crippen molar-refractivity contribution in [3.8, 4) is 11.6 Å². The average Bonchev–Trinajstić information content (AvgIpc) is 2.85. The highest BCUT2D eigenvalue weighted by Gasteiger charge is 2.17. The lowest BCUT2D eigenvalue weighted by Crippen LogP contribution is -2.06. The molecule has 16 heavy (non-hydrogen) atoms. The van der Waals surface area contributed by atoms with Crippen molar-refractivity contribution < 1.29 is 14.1 Å². The molecule has 2 rings (SSSR count). The molecule has 84 valence electrons. The molecule has 0 aromatic carbocycles. The molecule has 0 saturated heterocycles. The average molecular weight is 239 g/mol. The first-order chi connectivity index (χ1) is 7.70. The predicted molar refractivity (Wildman–Crippen MR) is 56.1 cm³/mol. The van der Waals surface area contributed by atoms with E-state index in [2.05, 4.69) is 15.1 Å². The monoisotopic (exact) mass is 239 g/mol. The summed E-state index contributed by atoms with van der Waals surface area (Å²) >= 11 is 1.47. The largest absolute Gasteiger partial charge is 0.460 e. The van der Waals surface area contributed by atoms with Crippen LogP contribution >= 0.6 is 11.3 Å². The van der Waals surface area contributed by atoms with Gasteiger partial charge in [-0.05, 0) is 19.0 Å². The molecule has 0 aliphatic heterocycles. The summed E-state index contributed by atoms with van der Waals surface area (Å²) in [5, 5.41) is 6.21. The van der Waals surface area contributed by atoms with Crippen LogP contribution in [0.4, 0.5) is 0 Å². The number of ether oxygens (including phenoxy) is 1. The molecule has 0 radical (unpaired) electrons. The van der Waals surface area contributed by atoms with Crippen molar-refractivity contribution in [1.82, 2.24) is 15.1 Å². The van der Waals surface area contributed by atoms with Crippen molar-refractivity contribution in [2.75, 3.05) is 6.61 Å². The summed E-state index contributed by atoms with van der Waals surface area (Å²) in [5.41, 5.74) is 0.575. The second-order valence-corrected chi connectivity index (χ2v) is 3.96. The zero-order valence-electron chi connectivity index (χ0n) is 8.76. The van der Waals surface area contributed by atoms with Crippen LogP contribution in [0.3, 0.4) is 0 Å². The molecular formula is C9H9N3O3S. The zero-order valence-corrected chi connectivity index (χ0v) is 9.58. The van der Waals surface area contributed by atoms with Crippen LogP contribution in [-0.4, -0.2) is 27.7 Å². The Kier molecular flexibility index (Phi) is 2.95. The van der Waals surface area contributed by atoms with Crippen LogP contribution in [0.1, 0.15) is 22.6 Å². The molecule has 2 aromatic heterocycles. The SMILES string of the molecule is CCOC(=O)c1noc(-c2csc(C)n2)n1. The molecule has 6 nitrogen and oxygen atoms in total. The minimum absolute atomic E-state index is 0.0810. The van der Waals surface area contributed by atoms with Gasteiger partial charge in [0.25, 0.3) is 11.7 Å². The van der Waals surface area contributed by atoms with Crippen LogP contribution in [0.2, 0.25) is 0 Å². The Labute approximate surface area is 95.3 Å². The molecule has 0 saturated carbocycles. The van der Waals surface area contributed by atoms with Crippen molar-refractivity contribution in [2.45, 2.75) is 13.8 Å². The first-order valence-electron chi connectivity index (χ1n) is 4.64. The highest BCUT2D eigenvalue weighted by atomic mass is 32.1. The predicted octanol–water partition coefficient (Wildman–Crippen LogP) is 1.68. The minimum atomic E-state index is -0.593. The summed E-state index contributed by atoms with van der Waals surface area (Å²) in [5.74, 6) is -0.445. The van der Waals surface area contributed by atoms with E-state index in [9.17, 15) is 4.79 Å². The van der Waals surface area contributed by atoms with Crippen molar-refractivity contribution in [1.29, 1.82) is 0 Å². The fraction of sp³-hybridized carbons (Fsp3) is 0.333. The summed E-state index contributed by atoms with van der Waals surface area (Å²) in [4.78, 5) is 19.3. The molecule has 7 heteroatoms. The van der Waals surface area contributed by atoms with Crippen molar-refractivity contribution in [2.24, 2.45) is 0 Å². The maximum atomic E-state index is 11.3. The molecule has 0 atom stereocenters. The molecule has 0 N–H and O–H groups in total. The zero-order chi connectivity index (χ0) is 11.5. The lowest BCUT2D eigenvalue weighted by Gasteiger charge is -1.93. The number of hydrogen-bond acceptors (Lipinski definition) is 7. The topological polar surface area (TPSA) is 78.1 Å². The smallest absolute Gasteiger partial charge is 0.379 e. The quantitative estimate of drug-likeness (QED) is 0.758. The van der Waals surface area contributed by atoms with E-state index in [1.807, 2.05) is 6.92 Å². The third-order valence-corrected chi connectivity index (χ3v) is 2.50. The van der Waals surface area contributed by atoms with Gasteiger partial charge in [-0.1, -0.05) is 0 Å². The van der Waals surface area contributed by atoms with Gasteiger partial charge in [0.1, 0.15) is 5.69 Å². The van der Waals surface area contributed by atoms with E-state index in [-0.39, 0.29) is 18.3 Å². The number of aryl methyl sites for hydroxylation is 1. The van der Waals surface area contributed by atoms with E-state index in [4.69, 9.17) is 9.26 Å². The van der Waals surface area contributed by atoms with Gasteiger partial charge in [-0.2, -0.15) is 4.98 Å². The van der Waals surface area contributed by atoms with Gasteiger partial charge >= 0.3 is 5.97 Å². The Balaban J connectivity index is 2.22. The van der Waals surface area contributed by atoms with Gasteiger partial charge in [-0.3, -0.25) is 0 Å². The highest BCUT2D eigenvalue weighted by molar-refractivity contribution is 7.09. The number of aromatic nitrogens is 3. The Morgan fingerprint density at radius 1 is 1.56 bits per heavy atom. The lowest BCUT2D eigenvalue weighted by molar-refractivity contribution is 0.0508. The maximum absolute atomic E-state index is 11.3. The van der Waals surface area contributed by atoms with Crippen LogP contribution in [0.25, 0.3) is 11.6 Å². The molecule has 2 heterocycles. The Bertz CT molecular complexity index is 506. The normalized spacial score (nSPS) is 10.4. The molecule has 0 aliphatic rings. The maximum Gasteiger partial charge on any atom is 0.379 e. The van der Waals surface area contributed by atoms with E-state index in [1.54, 1.807) is 12.3 Å². The number of carbonyl (C=O) groups excluding carboxylic acids is 1. The van der Waals surface area contributed by atoms with Gasteiger partial charge in [-0.15, -0.1) is 11.3 Å². The summed E-state index contributed by atoms with van der Waals surface area (Å²) < 4.78 is 9.65. The van der Waals surface area contributed by atoms with Gasteiger partial charge in [-0.25, -0.2) is 9.78 Å². The summed E-state index contributed by atoms with van der Waals surface area (Å²) in [6.45, 7) is 3.86. The van der Waals surface area contributed by atoms with Gasteiger partial charge < -0.3 is 9.26 Å². The Morgan fingerprint density at radius 2 is 2.38 bits per heavy atom. The summed E-state index contributed by atoms with van der Waals surface area (Å²) in [7, 11) is 0. The fourth-order valence-corrected chi connectivity index (χ4v) is 1.65. The molecule has 2 aromatic rings. The molecule has 0 amide bonds. The second-order valence-electron chi connectivity index (χ2n) is 2.90. The molecule has 0 fully saturated rings. The van der Waals surface area contributed by atoms with Crippen molar-refractivity contribution in [3.63, 3.8) is 0 Å². The van der Waals surface area contributed by atoms with E-state index in [0.717, 1.165) is 5.01 Å². The highest BCUT2D eigenvalue weighted by Crippen LogP contribution is 2.19. The van der Waals surface area contributed by atoms with Crippen LogP contribution in [0, 0.1) is 6.92 Å². The van der Waals surface area contributed by atoms with Crippen molar-refractivity contribution >= 4 is 17.3 Å². The van der Waals surface area contributed by atoms with E-state index in [1.165, 1.54) is 11.3 Å². The van der Waals surface area contributed by atoms with E-state index >= 15 is 0 Å². The number of carbonyl (C=O) groups is 1. The standard InChI is InChI=1S/C9H9N3O3S/c1-3-14-9(13)7-11-8(15-12-7)6-4-16-5(2)10-6/h4H,3H2,1-2H3. The third-order valence-electron chi connectivity index (χ3n) is 1.72. The number of nitrogens with zero attached hydrogens (tertiary/aromatic N) is 3. The molecular weight excluding hydrogens is 230 g/mol. The summed E-state index contributed by atoms with van der Waals surface area (Å²) in [6, 6.07) is 0. The number of esters is 1. The van der Waals surface area contributed by atoms with Gasteiger partial charge in [0.2, 0.25) is 0 Å². The van der Waals surface area contributed by atoms with Gasteiger partial charge in [0.15, 0.2) is 0 Å². The van der Waals surface area contributed by atoms with E-state index < -0.39 is 5.97 Å². The molecule has 0 aliphatic carbocycles. The fourth-order valence-electron chi connectivity index (χ4n) is 1.07. The Hall–Kier alpha value is -1.76. The third kappa shape index (κ3) is 2.08. The second kappa shape index (κ2) is 4.40. The van der Waals surface area contributed by atoms with Crippen LogP contribution in [-0.2, 0) is 4.74 Å². The molecule has 0 unspecified atom stereocenters.